The number of amides is 2. The Balaban J connectivity index is 2.19. The van der Waals surface area contributed by atoms with Gasteiger partial charge in [-0.25, -0.2) is 12.8 Å². The highest BCUT2D eigenvalue weighted by molar-refractivity contribution is 7.92. The number of hydrogen-bond donors (Lipinski definition) is 1. The van der Waals surface area contributed by atoms with Gasteiger partial charge in [-0.2, -0.15) is 0 Å². The minimum atomic E-state index is -3.62. The topological polar surface area (TPSA) is 96.0 Å². The monoisotopic (exact) mass is 521 g/mol. The van der Waals surface area contributed by atoms with Crippen LogP contribution in [0.15, 0.2) is 48.5 Å². The number of nitrogens with zero attached hydrogens (tertiary/aromatic N) is 2. The fraction of sp³-hybridized carbons (Fsp3) is 0.462. The largest absolute Gasteiger partial charge is 0.497 e. The molecule has 2 aromatic carbocycles. The van der Waals surface area contributed by atoms with Gasteiger partial charge < -0.3 is 15.0 Å². The molecule has 0 saturated carbocycles. The molecule has 10 heteroatoms. The molecular weight excluding hydrogens is 485 g/mol. The van der Waals surface area contributed by atoms with Gasteiger partial charge in [-0.05, 0) is 44.9 Å². The number of ether oxygens (including phenoxy) is 1. The van der Waals surface area contributed by atoms with Crippen LogP contribution in [-0.2, 0) is 26.2 Å². The molecule has 2 amide bonds. The van der Waals surface area contributed by atoms with Crippen molar-refractivity contribution in [2.75, 3.05) is 24.2 Å². The molecule has 0 spiro atoms. The van der Waals surface area contributed by atoms with Crippen LogP contribution in [0.5, 0.6) is 5.75 Å². The van der Waals surface area contributed by atoms with Gasteiger partial charge in [0.2, 0.25) is 21.8 Å². The van der Waals surface area contributed by atoms with Gasteiger partial charge in [0.25, 0.3) is 0 Å². The number of hydrogen-bond acceptors (Lipinski definition) is 5. The van der Waals surface area contributed by atoms with Crippen molar-refractivity contribution in [3.05, 3.63) is 59.9 Å². The molecule has 8 nitrogen and oxygen atoms in total. The average Bonchev–Trinajstić information content (AvgIpc) is 2.84. The van der Waals surface area contributed by atoms with Crippen molar-refractivity contribution < 1.29 is 27.1 Å². The van der Waals surface area contributed by atoms with E-state index in [0.717, 1.165) is 12.7 Å². The van der Waals surface area contributed by atoms with E-state index >= 15 is 0 Å². The Morgan fingerprint density at radius 2 is 1.81 bits per heavy atom. The minimum Gasteiger partial charge on any atom is -0.497 e. The summed E-state index contributed by atoms with van der Waals surface area (Å²) < 4.78 is 45.6. The molecule has 2 rings (SSSR count). The van der Waals surface area contributed by atoms with Crippen molar-refractivity contribution in [3.63, 3.8) is 0 Å². The summed E-state index contributed by atoms with van der Waals surface area (Å²) in [4.78, 5) is 27.4. The van der Waals surface area contributed by atoms with E-state index in [2.05, 4.69) is 5.32 Å². The first kappa shape index (κ1) is 29.1. The summed E-state index contributed by atoms with van der Waals surface area (Å²) in [5.74, 6) is -0.659. The highest BCUT2D eigenvalue weighted by Gasteiger charge is 2.28. The molecule has 2 atom stereocenters. The third-order valence-corrected chi connectivity index (χ3v) is 7.15. The van der Waals surface area contributed by atoms with Crippen LogP contribution in [0.25, 0.3) is 0 Å². The van der Waals surface area contributed by atoms with Crippen molar-refractivity contribution >= 4 is 27.5 Å². The Bertz CT molecular complexity index is 1140. The van der Waals surface area contributed by atoms with Gasteiger partial charge in [0, 0.05) is 37.2 Å². The molecule has 0 aromatic heterocycles. The molecule has 0 aliphatic carbocycles. The normalized spacial score (nSPS) is 12.9. The van der Waals surface area contributed by atoms with E-state index in [1.54, 1.807) is 49.4 Å². The SMILES string of the molecule is CC[C@@H](C)NC(=O)[C@@H](C)N(Cc1ccccc1F)C(=O)CCCN(c1cccc(OC)c1)S(C)(=O)=O. The highest BCUT2D eigenvalue weighted by Crippen LogP contribution is 2.24. The lowest BCUT2D eigenvalue weighted by Crippen LogP contribution is -2.49. The van der Waals surface area contributed by atoms with E-state index in [-0.39, 0.29) is 43.8 Å². The number of nitrogens with one attached hydrogen (secondary N) is 1. The summed E-state index contributed by atoms with van der Waals surface area (Å²) in [6.07, 6.45) is 2.01. The Morgan fingerprint density at radius 3 is 2.42 bits per heavy atom. The zero-order valence-electron chi connectivity index (χ0n) is 21.5. The van der Waals surface area contributed by atoms with E-state index in [1.807, 2.05) is 13.8 Å². The molecule has 198 valence electrons. The number of rotatable bonds is 13. The molecule has 0 fully saturated rings. The first-order valence-electron chi connectivity index (χ1n) is 11.9. The van der Waals surface area contributed by atoms with Gasteiger partial charge in [-0.1, -0.05) is 31.2 Å². The number of carbonyl (C=O) groups excluding carboxylic acids is 2. The summed E-state index contributed by atoms with van der Waals surface area (Å²) in [6.45, 7) is 5.39. The Hall–Kier alpha value is -3.14. The molecular formula is C26H36FN3O5S. The van der Waals surface area contributed by atoms with Crippen LogP contribution in [0.1, 0.15) is 45.6 Å². The maximum Gasteiger partial charge on any atom is 0.242 e. The van der Waals surface area contributed by atoms with Crippen LogP contribution in [0.3, 0.4) is 0 Å². The standard InChI is InChI=1S/C26H36FN3O5S/c1-6-19(2)28-26(32)20(3)29(18-21-11-7-8-14-24(21)27)25(31)15-10-16-30(36(5,33)34)22-12-9-13-23(17-22)35-4/h7-9,11-14,17,19-20H,6,10,15-16,18H2,1-5H3,(H,28,32)/t19-,20-/m1/s1. The van der Waals surface area contributed by atoms with Crippen molar-refractivity contribution in [3.8, 4) is 5.75 Å². The lowest BCUT2D eigenvalue weighted by molar-refractivity contribution is -0.141. The molecule has 0 heterocycles. The third kappa shape index (κ3) is 8.22. The van der Waals surface area contributed by atoms with E-state index in [9.17, 15) is 22.4 Å². The zero-order chi connectivity index (χ0) is 26.9. The Labute approximate surface area is 213 Å². The Kier molecular flexibility index (Phi) is 10.7. The van der Waals surface area contributed by atoms with Crippen LogP contribution in [-0.4, -0.2) is 57.1 Å². The Morgan fingerprint density at radius 1 is 1.11 bits per heavy atom. The van der Waals surface area contributed by atoms with E-state index in [0.29, 0.717) is 17.0 Å². The van der Waals surface area contributed by atoms with Crippen LogP contribution >= 0.6 is 0 Å². The number of methoxy groups -OCH3 is 1. The maximum atomic E-state index is 14.4. The number of sulfonamides is 1. The summed E-state index contributed by atoms with van der Waals surface area (Å²) in [7, 11) is -2.13. The lowest BCUT2D eigenvalue weighted by atomic mass is 10.1. The van der Waals surface area contributed by atoms with Crippen LogP contribution in [0.4, 0.5) is 10.1 Å². The molecule has 0 bridgehead atoms. The summed E-state index contributed by atoms with van der Waals surface area (Å²) in [5.41, 5.74) is 0.719. The van der Waals surface area contributed by atoms with E-state index in [1.165, 1.54) is 22.4 Å². The zero-order valence-corrected chi connectivity index (χ0v) is 22.3. The number of carbonyl (C=O) groups is 2. The molecule has 2 aromatic rings. The fourth-order valence-electron chi connectivity index (χ4n) is 3.63. The summed E-state index contributed by atoms with van der Waals surface area (Å²) in [6, 6.07) is 11.8. The van der Waals surface area contributed by atoms with Crippen LogP contribution in [0, 0.1) is 5.82 Å². The quantitative estimate of drug-likeness (QED) is 0.434. The third-order valence-electron chi connectivity index (χ3n) is 5.96. The summed E-state index contributed by atoms with van der Waals surface area (Å²) >= 11 is 0. The second-order valence-corrected chi connectivity index (χ2v) is 10.7. The summed E-state index contributed by atoms with van der Waals surface area (Å²) in [5, 5.41) is 2.87. The molecule has 0 radical (unpaired) electrons. The van der Waals surface area contributed by atoms with E-state index in [4.69, 9.17) is 4.74 Å². The van der Waals surface area contributed by atoms with Crippen molar-refractivity contribution in [1.29, 1.82) is 0 Å². The molecule has 0 aliphatic heterocycles. The first-order valence-corrected chi connectivity index (χ1v) is 13.8. The van der Waals surface area contributed by atoms with Crippen LogP contribution in [0.2, 0.25) is 0 Å². The first-order chi connectivity index (χ1) is 17.0. The highest BCUT2D eigenvalue weighted by atomic mass is 32.2. The molecule has 0 saturated heterocycles. The predicted octanol–water partition coefficient (Wildman–Crippen LogP) is 3.71. The number of benzene rings is 2. The predicted molar refractivity (Wildman–Crippen MR) is 139 cm³/mol. The molecule has 0 aliphatic rings. The van der Waals surface area contributed by atoms with Gasteiger partial charge in [0.05, 0.1) is 19.1 Å². The lowest BCUT2D eigenvalue weighted by Gasteiger charge is -2.30. The van der Waals surface area contributed by atoms with Crippen molar-refractivity contribution in [1.82, 2.24) is 10.2 Å². The second kappa shape index (κ2) is 13.2. The van der Waals surface area contributed by atoms with Gasteiger partial charge in [0.1, 0.15) is 17.6 Å². The maximum absolute atomic E-state index is 14.4. The molecule has 1 N–H and O–H groups in total. The smallest absolute Gasteiger partial charge is 0.242 e. The number of halogens is 1. The number of anilines is 1. The molecule has 36 heavy (non-hydrogen) atoms. The van der Waals surface area contributed by atoms with Gasteiger partial charge in [-0.3, -0.25) is 13.9 Å². The van der Waals surface area contributed by atoms with Gasteiger partial charge in [0.15, 0.2) is 0 Å². The van der Waals surface area contributed by atoms with Gasteiger partial charge >= 0.3 is 0 Å². The fourth-order valence-corrected chi connectivity index (χ4v) is 4.59. The van der Waals surface area contributed by atoms with Crippen molar-refractivity contribution in [2.45, 2.75) is 58.7 Å². The second-order valence-electron chi connectivity index (χ2n) is 8.75. The van der Waals surface area contributed by atoms with Gasteiger partial charge in [-0.15, -0.1) is 0 Å². The van der Waals surface area contributed by atoms with E-state index < -0.39 is 21.9 Å². The van der Waals surface area contributed by atoms with Crippen LogP contribution < -0.4 is 14.4 Å². The minimum absolute atomic E-state index is 0.0224. The van der Waals surface area contributed by atoms with Crippen molar-refractivity contribution in [2.24, 2.45) is 0 Å². The molecule has 0 unspecified atom stereocenters. The average molecular weight is 522 g/mol.